The number of aromatic nitrogens is 1. The fraction of sp³-hybridized carbons (Fsp3) is 0.227. The number of aromatic amines is 1. The van der Waals surface area contributed by atoms with Crippen molar-refractivity contribution in [1.29, 1.82) is 0 Å². The van der Waals surface area contributed by atoms with E-state index < -0.39 is 6.04 Å². The molecule has 140 valence electrons. The Morgan fingerprint density at radius 1 is 1.07 bits per heavy atom. The molecular formula is C22H20N4O2. The minimum atomic E-state index is -0.498. The number of hydrazone groups is 1. The number of rotatable bonds is 2. The number of para-hydroxylation sites is 1. The molecule has 6 heteroatoms. The first-order valence-electron chi connectivity index (χ1n) is 9.41. The van der Waals surface area contributed by atoms with Crippen molar-refractivity contribution in [3.8, 4) is 0 Å². The number of H-pyrrole nitrogens is 1. The number of benzene rings is 2. The van der Waals surface area contributed by atoms with Crippen molar-refractivity contribution in [2.75, 3.05) is 6.54 Å². The van der Waals surface area contributed by atoms with E-state index in [1.807, 2.05) is 49.4 Å². The molecule has 1 saturated heterocycles. The molecule has 2 aromatic carbocycles. The van der Waals surface area contributed by atoms with Gasteiger partial charge in [-0.2, -0.15) is 5.10 Å². The summed E-state index contributed by atoms with van der Waals surface area (Å²) in [4.78, 5) is 30.9. The lowest BCUT2D eigenvalue weighted by Crippen LogP contribution is -2.60. The Balaban J connectivity index is 1.46. The van der Waals surface area contributed by atoms with Gasteiger partial charge in [0.15, 0.2) is 0 Å². The van der Waals surface area contributed by atoms with Crippen molar-refractivity contribution in [3.05, 3.63) is 70.9 Å². The fourth-order valence-corrected chi connectivity index (χ4v) is 4.12. The minimum Gasteiger partial charge on any atom is -0.357 e. The third kappa shape index (κ3) is 2.60. The lowest BCUT2D eigenvalue weighted by molar-refractivity contribution is -0.157. The lowest BCUT2D eigenvalue weighted by atomic mass is 9.94. The highest BCUT2D eigenvalue weighted by Crippen LogP contribution is 2.32. The second kappa shape index (κ2) is 6.34. The molecule has 1 fully saturated rings. The summed E-state index contributed by atoms with van der Waals surface area (Å²) in [6.45, 7) is 2.41. The van der Waals surface area contributed by atoms with Crippen LogP contribution in [-0.2, 0) is 22.6 Å². The summed E-state index contributed by atoms with van der Waals surface area (Å²) in [6, 6.07) is 15.4. The first kappa shape index (κ1) is 16.7. The van der Waals surface area contributed by atoms with Gasteiger partial charge >= 0.3 is 0 Å². The molecule has 2 aliphatic heterocycles. The Morgan fingerprint density at radius 2 is 1.86 bits per heavy atom. The van der Waals surface area contributed by atoms with Crippen LogP contribution in [0.2, 0.25) is 0 Å². The Kier molecular flexibility index (Phi) is 3.79. The van der Waals surface area contributed by atoms with E-state index in [1.165, 1.54) is 5.01 Å². The van der Waals surface area contributed by atoms with Gasteiger partial charge in [0.1, 0.15) is 12.6 Å². The van der Waals surface area contributed by atoms with Gasteiger partial charge in [0.05, 0.1) is 12.8 Å². The van der Waals surface area contributed by atoms with Crippen LogP contribution in [-0.4, -0.2) is 45.5 Å². The molecule has 3 aromatic rings. The molecule has 0 spiro atoms. The van der Waals surface area contributed by atoms with Gasteiger partial charge in [-0.05, 0) is 29.7 Å². The van der Waals surface area contributed by atoms with Crippen LogP contribution >= 0.6 is 0 Å². The number of piperazine rings is 1. The van der Waals surface area contributed by atoms with Gasteiger partial charge in [0.25, 0.3) is 5.91 Å². The fourth-order valence-electron chi connectivity index (χ4n) is 4.12. The molecular weight excluding hydrogens is 352 g/mol. The number of carbonyl (C=O) groups excluding carboxylic acids is 2. The van der Waals surface area contributed by atoms with Crippen molar-refractivity contribution in [1.82, 2.24) is 14.9 Å². The monoisotopic (exact) mass is 372 g/mol. The summed E-state index contributed by atoms with van der Waals surface area (Å²) in [7, 11) is 0. The zero-order valence-electron chi connectivity index (χ0n) is 15.6. The van der Waals surface area contributed by atoms with Crippen molar-refractivity contribution in [2.45, 2.75) is 25.9 Å². The number of aryl methyl sites for hydroxylation is 1. The maximum atomic E-state index is 13.1. The van der Waals surface area contributed by atoms with Gasteiger partial charge in [-0.3, -0.25) is 9.59 Å². The molecule has 0 unspecified atom stereocenters. The summed E-state index contributed by atoms with van der Waals surface area (Å²) in [6.07, 6.45) is 2.18. The van der Waals surface area contributed by atoms with Crippen LogP contribution in [0.1, 0.15) is 22.4 Å². The van der Waals surface area contributed by atoms with Crippen LogP contribution in [0.4, 0.5) is 0 Å². The van der Waals surface area contributed by atoms with E-state index in [2.05, 4.69) is 16.2 Å². The standard InChI is InChI=1S/C22H20N4O2/c1-14-6-2-3-7-15(14)11-23-26-13-21(27)25-12-19-17(10-20(25)22(26)28)16-8-4-5-9-18(16)24-19/h2-9,11,20,24H,10,12-13H2,1H3/b23-11-/t20-/m0/s1. The predicted octanol–water partition coefficient (Wildman–Crippen LogP) is 2.61. The molecule has 1 atom stereocenters. The van der Waals surface area contributed by atoms with Gasteiger partial charge < -0.3 is 9.88 Å². The molecule has 28 heavy (non-hydrogen) atoms. The predicted molar refractivity (Wildman–Crippen MR) is 107 cm³/mol. The second-order valence-electron chi connectivity index (χ2n) is 7.37. The van der Waals surface area contributed by atoms with Gasteiger partial charge in [0, 0.05) is 23.0 Å². The van der Waals surface area contributed by atoms with E-state index in [1.54, 1.807) is 11.1 Å². The van der Waals surface area contributed by atoms with Gasteiger partial charge in [-0.25, -0.2) is 5.01 Å². The Labute approximate surface area is 162 Å². The van der Waals surface area contributed by atoms with Crippen molar-refractivity contribution < 1.29 is 9.59 Å². The maximum Gasteiger partial charge on any atom is 0.266 e. The first-order valence-corrected chi connectivity index (χ1v) is 9.41. The molecule has 0 aliphatic carbocycles. The van der Waals surface area contributed by atoms with Crippen molar-refractivity contribution >= 4 is 28.9 Å². The highest BCUT2D eigenvalue weighted by atomic mass is 16.2. The summed E-state index contributed by atoms with van der Waals surface area (Å²) in [5, 5.41) is 6.78. The quantitative estimate of drug-likeness (QED) is 0.703. The molecule has 1 N–H and O–H groups in total. The molecule has 0 radical (unpaired) electrons. The number of fused-ring (bicyclic) bond motifs is 4. The number of amides is 2. The summed E-state index contributed by atoms with van der Waals surface area (Å²) in [5.74, 6) is -0.198. The number of nitrogens with zero attached hydrogens (tertiary/aromatic N) is 3. The van der Waals surface area contributed by atoms with Crippen LogP contribution in [0.25, 0.3) is 10.9 Å². The smallest absolute Gasteiger partial charge is 0.266 e. The average molecular weight is 372 g/mol. The maximum absolute atomic E-state index is 13.1. The summed E-state index contributed by atoms with van der Waals surface area (Å²) < 4.78 is 0. The van der Waals surface area contributed by atoms with E-state index in [9.17, 15) is 9.59 Å². The highest BCUT2D eigenvalue weighted by Gasteiger charge is 2.43. The average Bonchev–Trinajstić information content (AvgIpc) is 3.07. The van der Waals surface area contributed by atoms with Crippen LogP contribution < -0.4 is 0 Å². The number of nitrogens with one attached hydrogen (secondary N) is 1. The van der Waals surface area contributed by atoms with Crippen LogP contribution in [0.5, 0.6) is 0 Å². The zero-order valence-corrected chi connectivity index (χ0v) is 15.6. The van der Waals surface area contributed by atoms with E-state index in [0.717, 1.165) is 33.3 Å². The summed E-state index contributed by atoms with van der Waals surface area (Å²) in [5.41, 5.74) is 5.21. The first-order chi connectivity index (χ1) is 13.6. The normalized spacial score (nSPS) is 19.4. The van der Waals surface area contributed by atoms with Gasteiger partial charge in [-0.15, -0.1) is 0 Å². The molecule has 6 nitrogen and oxygen atoms in total. The zero-order chi connectivity index (χ0) is 19.3. The van der Waals surface area contributed by atoms with E-state index in [0.29, 0.717) is 13.0 Å². The van der Waals surface area contributed by atoms with Gasteiger partial charge in [0.2, 0.25) is 5.91 Å². The molecule has 5 rings (SSSR count). The number of hydrogen-bond acceptors (Lipinski definition) is 3. The van der Waals surface area contributed by atoms with Crippen LogP contribution in [0, 0.1) is 6.92 Å². The third-order valence-electron chi connectivity index (χ3n) is 5.67. The Morgan fingerprint density at radius 3 is 2.71 bits per heavy atom. The SMILES string of the molecule is Cc1ccccc1/C=N\N1CC(=O)N2Cc3[nH]c4ccccc4c3C[C@H]2C1=O. The topological polar surface area (TPSA) is 68.8 Å². The van der Waals surface area contributed by atoms with E-state index >= 15 is 0 Å². The lowest BCUT2D eigenvalue weighted by Gasteiger charge is -2.40. The van der Waals surface area contributed by atoms with Crippen LogP contribution in [0.15, 0.2) is 53.6 Å². The van der Waals surface area contributed by atoms with Crippen molar-refractivity contribution in [2.24, 2.45) is 5.10 Å². The van der Waals surface area contributed by atoms with Gasteiger partial charge in [-0.1, -0.05) is 42.5 Å². The minimum absolute atomic E-state index is 0.0206. The second-order valence-corrected chi connectivity index (χ2v) is 7.37. The third-order valence-corrected chi connectivity index (χ3v) is 5.67. The van der Waals surface area contributed by atoms with Crippen LogP contribution in [0.3, 0.4) is 0 Å². The Bertz CT molecular complexity index is 1130. The molecule has 0 bridgehead atoms. The number of hydrogen-bond donors (Lipinski definition) is 1. The van der Waals surface area contributed by atoms with Crippen molar-refractivity contribution in [3.63, 3.8) is 0 Å². The summed E-state index contributed by atoms with van der Waals surface area (Å²) >= 11 is 0. The largest absolute Gasteiger partial charge is 0.357 e. The molecule has 3 heterocycles. The Hall–Kier alpha value is -3.41. The highest BCUT2D eigenvalue weighted by molar-refractivity contribution is 5.97. The molecule has 1 aromatic heterocycles. The van der Waals surface area contributed by atoms with E-state index in [4.69, 9.17) is 0 Å². The number of carbonyl (C=O) groups is 2. The molecule has 2 aliphatic rings. The molecule has 0 saturated carbocycles. The molecule has 2 amide bonds. The van der Waals surface area contributed by atoms with E-state index in [-0.39, 0.29) is 18.4 Å².